The van der Waals surface area contributed by atoms with Gasteiger partial charge in [0.25, 0.3) is 0 Å². The van der Waals surface area contributed by atoms with Gasteiger partial charge in [-0.3, -0.25) is 0 Å². The Morgan fingerprint density at radius 2 is 0.404 bits per heavy atom. The molecular weight excluding hydrogens is 1270 g/mol. The summed E-state index contributed by atoms with van der Waals surface area (Å²) in [5.41, 5.74) is 21.9. The first kappa shape index (κ1) is 86.8. The molecule has 0 aromatic heterocycles. The van der Waals surface area contributed by atoms with Crippen LogP contribution in [0, 0.1) is 71.0 Å². The van der Waals surface area contributed by atoms with Crippen molar-refractivity contribution >= 4 is 22.9 Å². The molecule has 8 aliphatic rings. The molecule has 0 unspecified atom stereocenters. The second-order valence-electron chi connectivity index (χ2n) is 31.9. The van der Waals surface area contributed by atoms with Crippen LogP contribution in [0.2, 0.25) is 0 Å². The van der Waals surface area contributed by atoms with E-state index < -0.39 is 0 Å². The molecule has 568 valence electrons. The van der Waals surface area contributed by atoms with Crippen molar-refractivity contribution in [3.05, 3.63) is 260 Å². The lowest BCUT2D eigenvalue weighted by molar-refractivity contribution is 0.289. The van der Waals surface area contributed by atoms with Gasteiger partial charge < -0.3 is 38.5 Å². The summed E-state index contributed by atoms with van der Waals surface area (Å²) in [6, 6.07) is 34.5. The fourth-order valence-electron chi connectivity index (χ4n) is 14.8. The van der Waals surface area contributed by atoms with E-state index in [2.05, 4.69) is 384 Å². The largest absolute Gasteiger partial charge is 0.497 e. The second kappa shape index (κ2) is 40.6. The minimum absolute atomic E-state index is 0.555. The van der Waals surface area contributed by atoms with E-state index >= 15 is 0 Å². The number of methoxy groups -OCH3 is 4. The van der Waals surface area contributed by atoms with Gasteiger partial charge in [-0.15, -0.1) is 0 Å². The molecule has 8 nitrogen and oxygen atoms in total. The molecule has 8 heteroatoms. The van der Waals surface area contributed by atoms with Crippen molar-refractivity contribution in [1.29, 1.82) is 0 Å². The van der Waals surface area contributed by atoms with Crippen LogP contribution in [-0.4, -0.2) is 104 Å². The zero-order valence-electron chi connectivity index (χ0n) is 70.8. The van der Waals surface area contributed by atoms with Gasteiger partial charge in [0.2, 0.25) is 0 Å². The third-order valence-electron chi connectivity index (χ3n) is 23.1. The molecule has 4 aromatic rings. The zero-order valence-corrected chi connectivity index (χ0v) is 70.8. The fourth-order valence-corrected chi connectivity index (χ4v) is 14.8. The van der Waals surface area contributed by atoms with E-state index in [0.29, 0.717) is 94.7 Å². The van der Waals surface area contributed by atoms with Crippen molar-refractivity contribution in [2.24, 2.45) is 71.0 Å². The molecule has 0 N–H and O–H groups in total. The highest BCUT2D eigenvalue weighted by atomic mass is 16.5. The van der Waals surface area contributed by atoms with Gasteiger partial charge in [-0.1, -0.05) is 256 Å². The SMILES string of the molecule is CC1=C[C@@H](C)[C@@H](C)C=C1N(C)C.CC1=C[C@@H](C)[C@@H](C)C=C1N(C)C.COC1=C[C@H](C)[C@H](C)C=C1C.COC1=C[C@H](C)[C@H](C)C=C1C.COC1=C[C@H](C)[C@H](C)c2ccccc21.COC1=C[C@H](C)[C@H](C)c2ccccc21.C[C@@H]1c2ccccc2C(N(C)C)=C[C@@H]1C.C[C@@H]1c2ccccc2C(N(C)C)=C[C@@H]1C. The van der Waals surface area contributed by atoms with Crippen LogP contribution in [0.4, 0.5) is 0 Å². The Labute approximate surface area is 635 Å². The van der Waals surface area contributed by atoms with Gasteiger partial charge in [-0.2, -0.15) is 0 Å². The Balaban J connectivity index is 0.000000214. The molecule has 0 heterocycles. The number of benzene rings is 4. The fraction of sp³-hybridized carbons (Fsp3) is 0.500. The van der Waals surface area contributed by atoms with Crippen LogP contribution < -0.4 is 0 Å². The lowest BCUT2D eigenvalue weighted by Gasteiger charge is -2.31. The number of fused-ring (bicyclic) bond motifs is 4. The summed E-state index contributed by atoms with van der Waals surface area (Å²) in [6.45, 7) is 44.8. The van der Waals surface area contributed by atoms with Crippen molar-refractivity contribution in [2.45, 2.75) is 162 Å². The Bertz CT molecular complexity index is 3580. The van der Waals surface area contributed by atoms with E-state index in [1.54, 1.807) is 28.4 Å². The average molecular weight is 1410 g/mol. The van der Waals surface area contributed by atoms with Crippen LogP contribution >= 0.6 is 0 Å². The maximum absolute atomic E-state index is 5.40. The van der Waals surface area contributed by atoms with E-state index in [4.69, 9.17) is 18.9 Å². The van der Waals surface area contributed by atoms with Gasteiger partial charge in [0.05, 0.1) is 28.4 Å². The monoisotopic (exact) mass is 1410 g/mol. The first-order chi connectivity index (χ1) is 49.0. The number of hydrogen-bond acceptors (Lipinski definition) is 8. The minimum Gasteiger partial charge on any atom is -0.497 e. The molecule has 0 aliphatic heterocycles. The number of rotatable bonds is 8. The van der Waals surface area contributed by atoms with Crippen molar-refractivity contribution < 1.29 is 18.9 Å². The van der Waals surface area contributed by atoms with Crippen molar-refractivity contribution in [3.63, 3.8) is 0 Å². The number of hydrogen-bond donors (Lipinski definition) is 0. The molecule has 4 aromatic carbocycles. The number of allylic oxidation sites excluding steroid dienone is 16. The summed E-state index contributed by atoms with van der Waals surface area (Å²) in [6.07, 6.45) is 27.6. The number of likely N-dealkylation sites (N-methyl/N-ethyl adjacent to an activating group) is 2. The first-order valence-corrected chi connectivity index (χ1v) is 38.8. The molecule has 16 atom stereocenters. The lowest BCUT2D eigenvalue weighted by atomic mass is 9.80. The maximum Gasteiger partial charge on any atom is 0.122 e. The standard InChI is InChI=1S/2C14H19N.2C13H16O.2C11H19N.2C10H16O/c2*1-10-9-14(15(3)4)13-8-6-5-7-12(13)11(10)2;2*1-9-8-13(14-3)12-7-5-4-6-11(12)10(9)2;2*1-8-6-10(3)11(12(4)5)7-9(8)2;2*1-7-5-9(3)10(11-4)6-8(7)2/h2*5-11H,1-4H3;2*4-10H,1-3H3;2*6-9H,1-5H3;2*5-8H,1-4H3/t2*10-,11-;2*9-,10-;2*8-,9+;2*7-,8+/m00001111/s1. The summed E-state index contributed by atoms with van der Waals surface area (Å²) in [5.74, 6) is 14.1. The van der Waals surface area contributed by atoms with Crippen molar-refractivity contribution in [1.82, 2.24) is 19.6 Å². The highest BCUT2D eigenvalue weighted by molar-refractivity contribution is 5.71. The predicted molar refractivity (Wildman–Crippen MR) is 451 cm³/mol. The van der Waals surface area contributed by atoms with E-state index in [1.807, 2.05) is 0 Å². The molecule has 0 bridgehead atoms. The van der Waals surface area contributed by atoms with E-state index in [1.165, 1.54) is 89.6 Å². The summed E-state index contributed by atoms with van der Waals surface area (Å²) in [5, 5.41) is 0. The predicted octanol–water partition coefficient (Wildman–Crippen LogP) is 24.4. The van der Waals surface area contributed by atoms with E-state index in [-0.39, 0.29) is 0 Å². The lowest BCUT2D eigenvalue weighted by Crippen LogP contribution is -2.19. The van der Waals surface area contributed by atoms with Crippen LogP contribution in [0.3, 0.4) is 0 Å². The van der Waals surface area contributed by atoms with Crippen LogP contribution in [0.1, 0.15) is 207 Å². The van der Waals surface area contributed by atoms with Gasteiger partial charge in [-0.25, -0.2) is 0 Å². The van der Waals surface area contributed by atoms with Crippen LogP contribution in [0.25, 0.3) is 22.9 Å². The zero-order chi connectivity index (χ0) is 77.7. The molecule has 0 fully saturated rings. The molecule has 0 spiro atoms. The minimum atomic E-state index is 0.555. The van der Waals surface area contributed by atoms with Gasteiger partial charge in [0.15, 0.2) is 0 Å². The Morgan fingerprint density at radius 3 is 0.663 bits per heavy atom. The smallest absolute Gasteiger partial charge is 0.122 e. The molecule has 0 amide bonds. The van der Waals surface area contributed by atoms with Crippen molar-refractivity contribution in [2.75, 3.05) is 84.8 Å². The van der Waals surface area contributed by atoms with Gasteiger partial charge in [-0.05, 0) is 191 Å². The summed E-state index contributed by atoms with van der Waals surface area (Å²) >= 11 is 0. The molecule has 0 saturated carbocycles. The van der Waals surface area contributed by atoms with Gasteiger partial charge in [0.1, 0.15) is 23.0 Å². The highest BCUT2D eigenvalue weighted by Gasteiger charge is 2.28. The summed E-state index contributed by atoms with van der Waals surface area (Å²) in [7, 11) is 23.8. The first-order valence-electron chi connectivity index (χ1n) is 38.8. The Hall–Kier alpha value is -7.84. The van der Waals surface area contributed by atoms with Crippen LogP contribution in [-0.2, 0) is 18.9 Å². The molecule has 12 rings (SSSR count). The second-order valence-corrected chi connectivity index (χ2v) is 31.9. The maximum atomic E-state index is 5.40. The third-order valence-corrected chi connectivity index (χ3v) is 23.1. The number of ether oxygens (including phenoxy) is 4. The quantitative estimate of drug-likeness (QED) is 0.173. The average Bonchev–Trinajstić information content (AvgIpc) is 0.810. The molecule has 104 heavy (non-hydrogen) atoms. The van der Waals surface area contributed by atoms with E-state index in [9.17, 15) is 0 Å². The van der Waals surface area contributed by atoms with Crippen LogP contribution in [0.15, 0.2) is 215 Å². The summed E-state index contributed by atoms with van der Waals surface area (Å²) < 4.78 is 21.2. The topological polar surface area (TPSA) is 49.9 Å². The Kier molecular flexibility index (Phi) is 33.9. The van der Waals surface area contributed by atoms with Crippen molar-refractivity contribution in [3.8, 4) is 0 Å². The Morgan fingerprint density at radius 1 is 0.212 bits per heavy atom. The molecule has 0 saturated heterocycles. The van der Waals surface area contributed by atoms with Crippen LogP contribution in [0.5, 0.6) is 0 Å². The molecule has 8 aliphatic carbocycles. The third kappa shape index (κ3) is 23.1. The number of nitrogens with zero attached hydrogens (tertiary/aromatic N) is 4. The molecule has 0 radical (unpaired) electrons. The van der Waals surface area contributed by atoms with E-state index in [0.717, 1.165) is 23.0 Å². The molecular formula is C96H140N4O4. The normalized spacial score (nSPS) is 27.2. The highest BCUT2D eigenvalue weighted by Crippen LogP contribution is 2.42. The summed E-state index contributed by atoms with van der Waals surface area (Å²) in [4.78, 5) is 8.80. The van der Waals surface area contributed by atoms with Gasteiger partial charge >= 0.3 is 0 Å². The van der Waals surface area contributed by atoms with Gasteiger partial charge in [0, 0.05) is 101 Å².